The SMILES string of the molecule is O=C1C=C(Cc2sccc2Br)CC1. The van der Waals surface area contributed by atoms with Crippen LogP contribution in [0.2, 0.25) is 0 Å². The van der Waals surface area contributed by atoms with E-state index < -0.39 is 0 Å². The Bertz CT molecular complexity index is 365. The zero-order valence-corrected chi connectivity index (χ0v) is 9.45. The van der Waals surface area contributed by atoms with Crippen LogP contribution >= 0.6 is 27.3 Å². The number of thiophene rings is 1. The fourth-order valence-electron chi connectivity index (χ4n) is 1.45. The van der Waals surface area contributed by atoms with Crippen LogP contribution in [0.3, 0.4) is 0 Å². The molecule has 3 heteroatoms. The Labute approximate surface area is 89.6 Å². The summed E-state index contributed by atoms with van der Waals surface area (Å²) in [6.07, 6.45) is 4.39. The van der Waals surface area contributed by atoms with Crippen LogP contribution in [0.25, 0.3) is 0 Å². The van der Waals surface area contributed by atoms with Crippen LogP contribution in [0, 0.1) is 0 Å². The topological polar surface area (TPSA) is 17.1 Å². The minimum absolute atomic E-state index is 0.280. The predicted molar refractivity (Wildman–Crippen MR) is 58.0 cm³/mol. The minimum Gasteiger partial charge on any atom is -0.295 e. The van der Waals surface area contributed by atoms with Gasteiger partial charge in [0.2, 0.25) is 0 Å². The summed E-state index contributed by atoms with van der Waals surface area (Å²) in [6.45, 7) is 0. The average molecular weight is 257 g/mol. The van der Waals surface area contributed by atoms with Crippen molar-refractivity contribution in [1.82, 2.24) is 0 Å². The standard InChI is InChI=1S/C10H9BrOS/c11-9-3-4-13-10(9)6-7-1-2-8(12)5-7/h3-5H,1-2,6H2. The first-order valence-electron chi connectivity index (χ1n) is 4.20. The molecule has 0 saturated carbocycles. The van der Waals surface area contributed by atoms with Crippen LogP contribution in [0.4, 0.5) is 0 Å². The molecule has 0 amide bonds. The third kappa shape index (κ3) is 2.09. The number of hydrogen-bond donors (Lipinski definition) is 0. The number of carbonyl (C=O) groups excluding carboxylic acids is 1. The van der Waals surface area contributed by atoms with Crippen LogP contribution in [0.5, 0.6) is 0 Å². The molecular weight excluding hydrogens is 248 g/mol. The van der Waals surface area contributed by atoms with Crippen LogP contribution in [0.15, 0.2) is 27.6 Å². The smallest absolute Gasteiger partial charge is 0.155 e. The molecule has 1 aliphatic rings. The van der Waals surface area contributed by atoms with E-state index in [1.807, 2.05) is 0 Å². The van der Waals surface area contributed by atoms with Crippen molar-refractivity contribution in [2.75, 3.05) is 0 Å². The maximum Gasteiger partial charge on any atom is 0.155 e. The molecule has 1 heterocycles. The van der Waals surface area contributed by atoms with Gasteiger partial charge in [-0.2, -0.15) is 0 Å². The molecule has 0 bridgehead atoms. The molecule has 0 saturated heterocycles. The highest BCUT2D eigenvalue weighted by molar-refractivity contribution is 9.10. The second kappa shape index (κ2) is 3.76. The Hall–Kier alpha value is -0.410. The Morgan fingerprint density at radius 1 is 1.46 bits per heavy atom. The van der Waals surface area contributed by atoms with Crippen molar-refractivity contribution in [1.29, 1.82) is 0 Å². The predicted octanol–water partition coefficient (Wildman–Crippen LogP) is 3.34. The number of halogens is 1. The summed E-state index contributed by atoms with van der Waals surface area (Å²) in [6, 6.07) is 2.05. The van der Waals surface area contributed by atoms with E-state index >= 15 is 0 Å². The number of allylic oxidation sites excluding steroid dienone is 2. The van der Waals surface area contributed by atoms with Crippen molar-refractivity contribution >= 4 is 33.0 Å². The van der Waals surface area contributed by atoms with Crippen molar-refractivity contribution in [2.24, 2.45) is 0 Å². The molecule has 0 radical (unpaired) electrons. The second-order valence-electron chi connectivity index (χ2n) is 3.14. The molecule has 13 heavy (non-hydrogen) atoms. The van der Waals surface area contributed by atoms with E-state index in [2.05, 4.69) is 27.4 Å². The summed E-state index contributed by atoms with van der Waals surface area (Å²) in [5.74, 6) is 0.280. The van der Waals surface area contributed by atoms with Gasteiger partial charge in [0.05, 0.1) is 0 Å². The Morgan fingerprint density at radius 3 is 2.85 bits per heavy atom. The zero-order chi connectivity index (χ0) is 9.26. The van der Waals surface area contributed by atoms with Gasteiger partial charge in [-0.15, -0.1) is 11.3 Å². The highest BCUT2D eigenvalue weighted by Crippen LogP contribution is 2.28. The molecule has 0 unspecified atom stereocenters. The summed E-state index contributed by atoms with van der Waals surface area (Å²) in [5.41, 5.74) is 1.27. The van der Waals surface area contributed by atoms with Crippen LogP contribution < -0.4 is 0 Å². The summed E-state index contributed by atoms with van der Waals surface area (Å²) in [7, 11) is 0. The zero-order valence-electron chi connectivity index (χ0n) is 7.05. The second-order valence-corrected chi connectivity index (χ2v) is 4.99. The van der Waals surface area contributed by atoms with E-state index in [9.17, 15) is 4.79 Å². The van der Waals surface area contributed by atoms with E-state index in [0.29, 0.717) is 6.42 Å². The number of rotatable bonds is 2. The number of hydrogen-bond acceptors (Lipinski definition) is 2. The van der Waals surface area contributed by atoms with Gasteiger partial charge in [0.1, 0.15) is 0 Å². The van der Waals surface area contributed by atoms with Crippen molar-refractivity contribution in [3.05, 3.63) is 32.4 Å². The van der Waals surface area contributed by atoms with Crippen molar-refractivity contribution in [3.8, 4) is 0 Å². The third-order valence-electron chi connectivity index (χ3n) is 2.14. The molecule has 0 atom stereocenters. The minimum atomic E-state index is 0.280. The first kappa shape index (κ1) is 9.16. The highest BCUT2D eigenvalue weighted by Gasteiger charge is 2.13. The van der Waals surface area contributed by atoms with Gasteiger partial charge in [-0.05, 0) is 39.9 Å². The first-order valence-corrected chi connectivity index (χ1v) is 5.87. The lowest BCUT2D eigenvalue weighted by Crippen LogP contribution is -1.83. The van der Waals surface area contributed by atoms with Gasteiger partial charge >= 0.3 is 0 Å². The monoisotopic (exact) mass is 256 g/mol. The number of ketones is 1. The molecule has 0 N–H and O–H groups in total. The van der Waals surface area contributed by atoms with Gasteiger partial charge in [-0.3, -0.25) is 4.79 Å². The molecular formula is C10H9BrOS. The molecule has 2 rings (SSSR count). The van der Waals surface area contributed by atoms with E-state index in [4.69, 9.17) is 0 Å². The van der Waals surface area contributed by atoms with Gasteiger partial charge in [-0.25, -0.2) is 0 Å². The van der Waals surface area contributed by atoms with Gasteiger partial charge < -0.3 is 0 Å². The summed E-state index contributed by atoms with van der Waals surface area (Å²) in [5, 5.41) is 2.07. The lowest BCUT2D eigenvalue weighted by molar-refractivity contribution is -0.114. The van der Waals surface area contributed by atoms with E-state index in [0.717, 1.165) is 17.3 Å². The lowest BCUT2D eigenvalue weighted by Gasteiger charge is -1.98. The highest BCUT2D eigenvalue weighted by atomic mass is 79.9. The van der Waals surface area contributed by atoms with Crippen LogP contribution in [-0.4, -0.2) is 5.78 Å². The molecule has 1 aromatic heterocycles. The fourth-order valence-corrected chi connectivity index (χ4v) is 3.00. The fraction of sp³-hybridized carbons (Fsp3) is 0.300. The van der Waals surface area contributed by atoms with Crippen molar-refractivity contribution in [2.45, 2.75) is 19.3 Å². The molecule has 1 aliphatic carbocycles. The third-order valence-corrected chi connectivity index (χ3v) is 4.06. The maximum atomic E-state index is 11.0. The van der Waals surface area contributed by atoms with Crippen LogP contribution in [-0.2, 0) is 11.2 Å². The summed E-state index contributed by atoms with van der Waals surface area (Å²) < 4.78 is 1.16. The van der Waals surface area contributed by atoms with Gasteiger partial charge in [-0.1, -0.05) is 5.57 Å². The molecule has 0 aromatic carbocycles. The van der Waals surface area contributed by atoms with E-state index in [-0.39, 0.29) is 5.78 Å². The van der Waals surface area contributed by atoms with Crippen molar-refractivity contribution < 1.29 is 4.79 Å². The quantitative estimate of drug-likeness (QED) is 0.794. The molecule has 0 fully saturated rings. The van der Waals surface area contributed by atoms with Gasteiger partial charge in [0.25, 0.3) is 0 Å². The van der Waals surface area contributed by atoms with E-state index in [1.54, 1.807) is 17.4 Å². The number of carbonyl (C=O) groups is 1. The average Bonchev–Trinajstić information content (AvgIpc) is 2.64. The normalized spacial score (nSPS) is 16.4. The first-order chi connectivity index (χ1) is 6.25. The molecule has 1 aromatic rings. The van der Waals surface area contributed by atoms with Gasteiger partial charge in [0.15, 0.2) is 5.78 Å². The molecule has 0 spiro atoms. The summed E-state index contributed by atoms with van der Waals surface area (Å²) in [4.78, 5) is 12.3. The van der Waals surface area contributed by atoms with Crippen LogP contribution in [0.1, 0.15) is 17.7 Å². The maximum absolute atomic E-state index is 11.0. The van der Waals surface area contributed by atoms with Gasteiger partial charge in [0, 0.05) is 22.2 Å². The lowest BCUT2D eigenvalue weighted by atomic mass is 10.1. The Morgan fingerprint density at radius 2 is 2.31 bits per heavy atom. The Balaban J connectivity index is 2.11. The molecule has 1 nitrogen and oxygen atoms in total. The molecule has 68 valence electrons. The van der Waals surface area contributed by atoms with E-state index in [1.165, 1.54) is 10.5 Å². The Kier molecular flexibility index (Phi) is 2.65. The molecule has 0 aliphatic heterocycles. The largest absolute Gasteiger partial charge is 0.295 e. The van der Waals surface area contributed by atoms with Crippen molar-refractivity contribution in [3.63, 3.8) is 0 Å². The summed E-state index contributed by atoms with van der Waals surface area (Å²) >= 11 is 5.23.